The molecule has 0 spiro atoms. The zero-order valence-electron chi connectivity index (χ0n) is 20.6. The third-order valence-electron chi connectivity index (χ3n) is 6.11. The molecule has 0 heterocycles. The summed E-state index contributed by atoms with van der Waals surface area (Å²) >= 11 is 0. The first-order valence-corrected chi connectivity index (χ1v) is 12.8. The van der Waals surface area contributed by atoms with Crippen LogP contribution < -0.4 is 0 Å². The SMILES string of the molecule is C=C(C)C(=O)C(C)CCCCCCCCCCCCCCCCCCCN(C)C. The van der Waals surface area contributed by atoms with E-state index in [2.05, 4.69) is 25.6 Å². The molecule has 2 nitrogen and oxygen atoms in total. The molecular weight excluding hydrogens is 354 g/mol. The van der Waals surface area contributed by atoms with Crippen LogP contribution in [0.1, 0.15) is 129 Å². The van der Waals surface area contributed by atoms with Crippen LogP contribution in [-0.2, 0) is 4.79 Å². The third kappa shape index (κ3) is 20.4. The van der Waals surface area contributed by atoms with E-state index in [4.69, 9.17) is 0 Å². The fraction of sp³-hybridized carbons (Fsp3) is 0.889. The Labute approximate surface area is 183 Å². The van der Waals surface area contributed by atoms with Gasteiger partial charge in [0.1, 0.15) is 0 Å². The van der Waals surface area contributed by atoms with Crippen molar-refractivity contribution in [3.8, 4) is 0 Å². The molecule has 0 N–H and O–H groups in total. The van der Waals surface area contributed by atoms with Gasteiger partial charge in [-0.3, -0.25) is 4.79 Å². The number of nitrogens with zero attached hydrogens (tertiary/aromatic N) is 1. The van der Waals surface area contributed by atoms with Crippen molar-refractivity contribution in [1.82, 2.24) is 4.90 Å². The molecule has 0 rings (SSSR count). The van der Waals surface area contributed by atoms with Crippen LogP contribution >= 0.6 is 0 Å². The van der Waals surface area contributed by atoms with E-state index >= 15 is 0 Å². The lowest BCUT2D eigenvalue weighted by Gasteiger charge is -2.09. The molecular formula is C27H53NO. The molecule has 0 fully saturated rings. The largest absolute Gasteiger partial charge is 0.309 e. The first-order valence-electron chi connectivity index (χ1n) is 12.8. The topological polar surface area (TPSA) is 20.3 Å². The number of rotatable bonds is 22. The second-order valence-electron chi connectivity index (χ2n) is 9.65. The number of hydrogen-bond donors (Lipinski definition) is 0. The van der Waals surface area contributed by atoms with E-state index < -0.39 is 0 Å². The molecule has 0 aliphatic rings. The van der Waals surface area contributed by atoms with Crippen molar-refractivity contribution >= 4 is 5.78 Å². The molecule has 0 radical (unpaired) electrons. The minimum absolute atomic E-state index is 0.167. The normalized spacial score (nSPS) is 12.4. The third-order valence-corrected chi connectivity index (χ3v) is 6.11. The lowest BCUT2D eigenvalue weighted by atomic mass is 9.95. The Morgan fingerprint density at radius 1 is 0.655 bits per heavy atom. The van der Waals surface area contributed by atoms with E-state index in [1.165, 1.54) is 116 Å². The van der Waals surface area contributed by atoms with Crippen LogP contribution in [0.5, 0.6) is 0 Å². The molecule has 0 aliphatic carbocycles. The van der Waals surface area contributed by atoms with Gasteiger partial charge in [0.05, 0.1) is 0 Å². The van der Waals surface area contributed by atoms with E-state index in [-0.39, 0.29) is 11.7 Å². The summed E-state index contributed by atoms with van der Waals surface area (Å²) < 4.78 is 0. The Balaban J connectivity index is 3.15. The molecule has 0 aromatic carbocycles. The summed E-state index contributed by atoms with van der Waals surface area (Å²) in [7, 11) is 4.33. The summed E-state index contributed by atoms with van der Waals surface area (Å²) in [4.78, 5) is 14.1. The number of carbonyl (C=O) groups excluding carboxylic acids is 1. The fourth-order valence-electron chi connectivity index (χ4n) is 4.08. The van der Waals surface area contributed by atoms with E-state index in [0.29, 0.717) is 5.57 Å². The molecule has 0 aromatic heterocycles. The number of unbranched alkanes of at least 4 members (excludes halogenated alkanes) is 16. The number of allylic oxidation sites excluding steroid dienone is 1. The van der Waals surface area contributed by atoms with Crippen molar-refractivity contribution in [2.75, 3.05) is 20.6 Å². The predicted molar refractivity (Wildman–Crippen MR) is 131 cm³/mol. The van der Waals surface area contributed by atoms with Crippen molar-refractivity contribution in [3.63, 3.8) is 0 Å². The van der Waals surface area contributed by atoms with Gasteiger partial charge in [-0.25, -0.2) is 0 Å². The summed E-state index contributed by atoms with van der Waals surface area (Å²) in [6.07, 6.45) is 24.8. The van der Waals surface area contributed by atoms with Crippen molar-refractivity contribution in [3.05, 3.63) is 12.2 Å². The summed E-state index contributed by atoms with van der Waals surface area (Å²) in [6, 6.07) is 0. The highest BCUT2D eigenvalue weighted by Crippen LogP contribution is 2.17. The monoisotopic (exact) mass is 407 g/mol. The second-order valence-corrected chi connectivity index (χ2v) is 9.65. The number of ketones is 1. The first-order chi connectivity index (χ1) is 13.9. The Morgan fingerprint density at radius 3 is 1.28 bits per heavy atom. The van der Waals surface area contributed by atoms with Gasteiger partial charge in [-0.1, -0.05) is 116 Å². The van der Waals surface area contributed by atoms with Crippen LogP contribution in [0.2, 0.25) is 0 Å². The van der Waals surface area contributed by atoms with Gasteiger partial charge in [0, 0.05) is 5.92 Å². The van der Waals surface area contributed by atoms with Gasteiger partial charge in [0.25, 0.3) is 0 Å². The number of carbonyl (C=O) groups is 1. The maximum absolute atomic E-state index is 11.8. The van der Waals surface area contributed by atoms with Crippen LogP contribution in [-0.4, -0.2) is 31.3 Å². The maximum Gasteiger partial charge on any atom is 0.160 e. The average molecular weight is 408 g/mol. The lowest BCUT2D eigenvalue weighted by Crippen LogP contribution is -2.12. The van der Waals surface area contributed by atoms with Crippen molar-refractivity contribution in [2.24, 2.45) is 5.92 Å². The summed E-state index contributed by atoms with van der Waals surface area (Å²) in [6.45, 7) is 8.88. The van der Waals surface area contributed by atoms with E-state index in [9.17, 15) is 4.79 Å². The highest BCUT2D eigenvalue weighted by Gasteiger charge is 2.12. The molecule has 2 heteroatoms. The molecule has 29 heavy (non-hydrogen) atoms. The van der Waals surface area contributed by atoms with E-state index in [1.807, 2.05) is 13.8 Å². The Hall–Kier alpha value is -0.630. The smallest absolute Gasteiger partial charge is 0.160 e. The quantitative estimate of drug-likeness (QED) is 0.133. The van der Waals surface area contributed by atoms with Crippen LogP contribution in [0, 0.1) is 5.92 Å². The van der Waals surface area contributed by atoms with Crippen LogP contribution in [0.4, 0.5) is 0 Å². The Kier molecular flexibility index (Phi) is 20.2. The van der Waals surface area contributed by atoms with Crippen LogP contribution in [0.25, 0.3) is 0 Å². The zero-order valence-corrected chi connectivity index (χ0v) is 20.6. The van der Waals surface area contributed by atoms with Gasteiger partial charge in [-0.05, 0) is 46.0 Å². The molecule has 0 aliphatic heterocycles. The molecule has 0 aromatic rings. The molecule has 0 bridgehead atoms. The average Bonchev–Trinajstić information content (AvgIpc) is 2.68. The van der Waals surface area contributed by atoms with E-state index in [0.717, 1.165) is 6.42 Å². The molecule has 172 valence electrons. The molecule has 1 atom stereocenters. The zero-order chi connectivity index (χ0) is 21.7. The van der Waals surface area contributed by atoms with Crippen molar-refractivity contribution in [2.45, 2.75) is 129 Å². The van der Waals surface area contributed by atoms with Crippen LogP contribution in [0.15, 0.2) is 12.2 Å². The minimum Gasteiger partial charge on any atom is -0.309 e. The second kappa shape index (κ2) is 20.6. The highest BCUT2D eigenvalue weighted by molar-refractivity contribution is 5.95. The van der Waals surface area contributed by atoms with Gasteiger partial charge in [-0.15, -0.1) is 0 Å². The molecule has 0 saturated heterocycles. The van der Waals surface area contributed by atoms with E-state index in [1.54, 1.807) is 0 Å². The van der Waals surface area contributed by atoms with Gasteiger partial charge in [0.2, 0.25) is 0 Å². The summed E-state index contributed by atoms with van der Waals surface area (Å²) in [5.74, 6) is 0.418. The number of hydrogen-bond acceptors (Lipinski definition) is 2. The lowest BCUT2D eigenvalue weighted by molar-refractivity contribution is -0.118. The number of Topliss-reactive ketones (excluding diaryl/α,β-unsaturated/α-hetero) is 1. The Morgan fingerprint density at radius 2 is 0.966 bits per heavy atom. The summed E-state index contributed by atoms with van der Waals surface area (Å²) in [5, 5.41) is 0. The Bertz CT molecular complexity index is 388. The van der Waals surface area contributed by atoms with Gasteiger partial charge in [0.15, 0.2) is 5.78 Å². The molecule has 1 unspecified atom stereocenters. The van der Waals surface area contributed by atoms with Crippen molar-refractivity contribution in [1.29, 1.82) is 0 Å². The molecule has 0 saturated carbocycles. The summed E-state index contributed by atoms with van der Waals surface area (Å²) in [5.41, 5.74) is 0.712. The standard InChI is InChI=1S/C27H53NO/c1-25(2)27(29)26(3)23-21-19-17-15-13-11-9-7-6-8-10-12-14-16-18-20-22-24-28(4)5/h26H,1,6-24H2,2-5H3. The first kappa shape index (κ1) is 28.4. The molecule has 0 amide bonds. The van der Waals surface area contributed by atoms with Gasteiger partial charge < -0.3 is 4.90 Å². The minimum atomic E-state index is 0.167. The maximum atomic E-state index is 11.8. The van der Waals surface area contributed by atoms with Crippen molar-refractivity contribution < 1.29 is 4.79 Å². The predicted octanol–water partition coefficient (Wildman–Crippen LogP) is 8.35. The highest BCUT2D eigenvalue weighted by atomic mass is 16.1. The fourth-order valence-corrected chi connectivity index (χ4v) is 4.08. The van der Waals surface area contributed by atoms with Crippen LogP contribution in [0.3, 0.4) is 0 Å². The van der Waals surface area contributed by atoms with Gasteiger partial charge >= 0.3 is 0 Å². The van der Waals surface area contributed by atoms with Gasteiger partial charge in [-0.2, -0.15) is 0 Å².